The predicted octanol–water partition coefficient (Wildman–Crippen LogP) is 3.14. The number of para-hydroxylation sites is 3. The third-order valence-corrected chi connectivity index (χ3v) is 4.70. The Bertz CT molecular complexity index is 1300. The van der Waals surface area contributed by atoms with Crippen molar-refractivity contribution in [3.63, 3.8) is 0 Å². The molecule has 2 heterocycles. The fourth-order valence-electron chi connectivity index (χ4n) is 3.28. The fourth-order valence-corrected chi connectivity index (χ4v) is 3.28. The molecule has 0 saturated heterocycles. The summed E-state index contributed by atoms with van der Waals surface area (Å²) in [6, 6.07) is 17.6. The number of ether oxygens (including phenoxy) is 2. The lowest BCUT2D eigenvalue weighted by Gasteiger charge is -2.13. The van der Waals surface area contributed by atoms with E-state index in [-0.39, 0.29) is 24.7 Å². The van der Waals surface area contributed by atoms with Gasteiger partial charge in [-0.3, -0.25) is 14.3 Å². The van der Waals surface area contributed by atoms with Gasteiger partial charge >= 0.3 is 0 Å². The minimum atomic E-state index is -0.316. The lowest BCUT2D eigenvalue weighted by atomic mass is 10.2. The average Bonchev–Trinajstić information content (AvgIpc) is 3.20. The maximum atomic E-state index is 12.6. The summed E-state index contributed by atoms with van der Waals surface area (Å²) in [5.74, 6) is 1.44. The molecule has 2 aromatic heterocycles. The number of hydrogen-bond acceptors (Lipinski definition) is 6. The quantitative estimate of drug-likeness (QED) is 0.423. The summed E-state index contributed by atoms with van der Waals surface area (Å²) in [7, 11) is 0. The van der Waals surface area contributed by atoms with Gasteiger partial charge in [0.05, 0.1) is 11.4 Å². The molecule has 170 valence electrons. The Hall–Kier alpha value is -4.14. The molecule has 0 aliphatic rings. The van der Waals surface area contributed by atoms with E-state index in [1.165, 1.54) is 10.6 Å². The highest BCUT2D eigenvalue weighted by Crippen LogP contribution is 2.24. The Morgan fingerprint density at radius 2 is 1.82 bits per heavy atom. The number of amides is 1. The molecule has 9 nitrogen and oxygen atoms in total. The number of nitrogens with one attached hydrogen (secondary N) is 1. The zero-order chi connectivity index (χ0) is 23.2. The summed E-state index contributed by atoms with van der Waals surface area (Å²) < 4.78 is 14.5. The second-order valence-corrected chi connectivity index (χ2v) is 7.89. The first-order valence-electron chi connectivity index (χ1n) is 10.6. The van der Waals surface area contributed by atoms with E-state index >= 15 is 0 Å². The van der Waals surface area contributed by atoms with Crippen molar-refractivity contribution in [2.45, 2.75) is 27.0 Å². The summed E-state index contributed by atoms with van der Waals surface area (Å²) in [6.07, 6.45) is 1.61. The predicted molar refractivity (Wildman–Crippen MR) is 123 cm³/mol. The lowest BCUT2D eigenvalue weighted by Crippen LogP contribution is -2.23. The number of hydrogen-bond donors (Lipinski definition) is 1. The van der Waals surface area contributed by atoms with Crippen LogP contribution in [0.25, 0.3) is 5.78 Å². The van der Waals surface area contributed by atoms with Gasteiger partial charge in [-0.25, -0.2) is 4.98 Å². The van der Waals surface area contributed by atoms with E-state index in [4.69, 9.17) is 9.47 Å². The fraction of sp³-hybridized carbons (Fsp3) is 0.250. The van der Waals surface area contributed by atoms with Crippen molar-refractivity contribution < 1.29 is 14.3 Å². The SMILES string of the molecule is CC(C)Cn1cnc2nc(COc3ccccc3NC(=O)COc3ccccc3)cc(=O)n21. The Labute approximate surface area is 190 Å². The molecule has 1 amide bonds. The van der Waals surface area contributed by atoms with Gasteiger partial charge in [0.1, 0.15) is 24.4 Å². The van der Waals surface area contributed by atoms with Crippen LogP contribution in [0.1, 0.15) is 19.5 Å². The van der Waals surface area contributed by atoms with E-state index in [0.717, 1.165) is 0 Å². The third kappa shape index (κ3) is 5.57. The highest BCUT2D eigenvalue weighted by Gasteiger charge is 2.12. The maximum Gasteiger partial charge on any atom is 0.274 e. The standard InChI is InChI=1S/C24H25N5O4/c1-17(2)13-28-16-25-24-26-18(12-23(31)29(24)28)14-33-21-11-7-6-10-20(21)27-22(30)15-32-19-8-4-3-5-9-19/h3-12,16-17H,13-15H2,1-2H3,(H,27,30). The molecule has 0 aliphatic carbocycles. The van der Waals surface area contributed by atoms with Crippen LogP contribution in [0.15, 0.2) is 71.8 Å². The number of fused-ring (bicyclic) bond motifs is 1. The average molecular weight is 447 g/mol. The number of aromatic nitrogens is 4. The normalized spacial score (nSPS) is 11.0. The van der Waals surface area contributed by atoms with Crippen molar-refractivity contribution in [1.29, 1.82) is 0 Å². The summed E-state index contributed by atoms with van der Waals surface area (Å²) in [5.41, 5.74) is 0.720. The minimum absolute atomic E-state index is 0.0518. The number of nitrogens with zero attached hydrogens (tertiary/aromatic N) is 4. The van der Waals surface area contributed by atoms with Gasteiger partial charge < -0.3 is 14.8 Å². The molecule has 2 aromatic carbocycles. The van der Waals surface area contributed by atoms with Crippen LogP contribution < -0.4 is 20.3 Å². The van der Waals surface area contributed by atoms with E-state index < -0.39 is 0 Å². The molecule has 0 saturated carbocycles. The molecule has 4 rings (SSSR count). The monoisotopic (exact) mass is 447 g/mol. The molecule has 4 aromatic rings. The number of carbonyl (C=O) groups is 1. The molecule has 0 bridgehead atoms. The largest absolute Gasteiger partial charge is 0.485 e. The van der Waals surface area contributed by atoms with Crippen molar-refractivity contribution in [3.8, 4) is 11.5 Å². The van der Waals surface area contributed by atoms with Crippen molar-refractivity contribution in [3.05, 3.63) is 83.0 Å². The smallest absolute Gasteiger partial charge is 0.274 e. The highest BCUT2D eigenvalue weighted by molar-refractivity contribution is 5.93. The second kappa shape index (κ2) is 9.99. The van der Waals surface area contributed by atoms with Gasteiger partial charge in [-0.2, -0.15) is 9.50 Å². The van der Waals surface area contributed by atoms with Gasteiger partial charge in [-0.15, -0.1) is 0 Å². The van der Waals surface area contributed by atoms with Crippen LogP contribution in [0.4, 0.5) is 5.69 Å². The summed E-state index contributed by atoms with van der Waals surface area (Å²) in [4.78, 5) is 33.6. The van der Waals surface area contributed by atoms with E-state index in [1.54, 1.807) is 47.4 Å². The molecule has 0 atom stereocenters. The van der Waals surface area contributed by atoms with Crippen LogP contribution in [0, 0.1) is 5.92 Å². The number of carbonyl (C=O) groups excluding carboxylic acids is 1. The van der Waals surface area contributed by atoms with Crippen molar-refractivity contribution in [2.75, 3.05) is 11.9 Å². The molecular weight excluding hydrogens is 422 g/mol. The van der Waals surface area contributed by atoms with Crippen LogP contribution in [0.2, 0.25) is 0 Å². The van der Waals surface area contributed by atoms with Crippen LogP contribution in [-0.4, -0.2) is 31.7 Å². The van der Waals surface area contributed by atoms with Gasteiger partial charge in [-0.05, 0) is 30.2 Å². The summed E-state index contributed by atoms with van der Waals surface area (Å²) in [6.45, 7) is 4.71. The zero-order valence-corrected chi connectivity index (χ0v) is 18.5. The van der Waals surface area contributed by atoms with Crippen molar-refractivity contribution >= 4 is 17.4 Å². The first kappa shape index (κ1) is 22.1. The Kier molecular flexibility index (Phi) is 6.68. The van der Waals surface area contributed by atoms with Gasteiger partial charge in [0.2, 0.25) is 0 Å². The Balaban J connectivity index is 1.42. The first-order chi connectivity index (χ1) is 16.0. The van der Waals surface area contributed by atoms with Crippen LogP contribution in [0.3, 0.4) is 0 Å². The molecule has 0 unspecified atom stereocenters. The number of rotatable bonds is 9. The summed E-state index contributed by atoms with van der Waals surface area (Å²) >= 11 is 0. The second-order valence-electron chi connectivity index (χ2n) is 7.89. The van der Waals surface area contributed by atoms with Crippen LogP contribution >= 0.6 is 0 Å². The molecule has 0 radical (unpaired) electrons. The maximum absolute atomic E-state index is 12.6. The van der Waals surface area contributed by atoms with Crippen LogP contribution in [-0.2, 0) is 17.9 Å². The molecule has 0 fully saturated rings. The molecule has 0 aliphatic heterocycles. The number of anilines is 1. The van der Waals surface area contributed by atoms with Crippen LogP contribution in [0.5, 0.6) is 11.5 Å². The highest BCUT2D eigenvalue weighted by atomic mass is 16.5. The summed E-state index contributed by atoms with van der Waals surface area (Å²) in [5, 5.41) is 2.79. The molecule has 1 N–H and O–H groups in total. The Morgan fingerprint density at radius 1 is 1.06 bits per heavy atom. The lowest BCUT2D eigenvalue weighted by molar-refractivity contribution is -0.118. The van der Waals surface area contributed by atoms with Gasteiger partial charge in [0.15, 0.2) is 6.61 Å². The van der Waals surface area contributed by atoms with E-state index in [0.29, 0.717) is 41.1 Å². The van der Waals surface area contributed by atoms with Crippen molar-refractivity contribution in [1.82, 2.24) is 19.2 Å². The molecule has 0 spiro atoms. The molecule has 33 heavy (non-hydrogen) atoms. The third-order valence-electron chi connectivity index (χ3n) is 4.70. The molecule has 9 heteroatoms. The van der Waals surface area contributed by atoms with E-state index in [2.05, 4.69) is 29.1 Å². The Morgan fingerprint density at radius 3 is 2.61 bits per heavy atom. The van der Waals surface area contributed by atoms with Gasteiger partial charge in [-0.1, -0.05) is 44.2 Å². The zero-order valence-electron chi connectivity index (χ0n) is 18.5. The van der Waals surface area contributed by atoms with Gasteiger partial charge in [0.25, 0.3) is 17.2 Å². The van der Waals surface area contributed by atoms with E-state index in [9.17, 15) is 9.59 Å². The minimum Gasteiger partial charge on any atom is -0.485 e. The first-order valence-corrected chi connectivity index (χ1v) is 10.6. The van der Waals surface area contributed by atoms with E-state index in [1.807, 2.05) is 18.2 Å². The van der Waals surface area contributed by atoms with Crippen molar-refractivity contribution in [2.24, 2.45) is 5.92 Å². The number of benzene rings is 2. The topological polar surface area (TPSA) is 99.8 Å². The van der Waals surface area contributed by atoms with Gasteiger partial charge in [0, 0.05) is 12.6 Å². The molecular formula is C24H25N5O4.